The summed E-state index contributed by atoms with van der Waals surface area (Å²) >= 11 is 0. The van der Waals surface area contributed by atoms with Crippen LogP contribution in [0.5, 0.6) is 0 Å². The molecule has 2 aromatic rings. The fraction of sp³-hybridized carbons (Fsp3) is 0.524. The van der Waals surface area contributed by atoms with Gasteiger partial charge in [0.05, 0.1) is 0 Å². The number of nitrogens with zero attached hydrogens (tertiary/aromatic N) is 2. The van der Waals surface area contributed by atoms with Gasteiger partial charge in [-0.2, -0.15) is 0 Å². The Morgan fingerprint density at radius 1 is 1.19 bits per heavy atom. The summed E-state index contributed by atoms with van der Waals surface area (Å²) < 4.78 is 1.82. The smallest absolute Gasteiger partial charge is 0.254 e. The number of rotatable bonds is 3. The van der Waals surface area contributed by atoms with Gasteiger partial charge in [-0.3, -0.25) is 9.59 Å². The zero-order chi connectivity index (χ0) is 18.7. The molecule has 1 aromatic heterocycles. The van der Waals surface area contributed by atoms with Gasteiger partial charge in [-0.05, 0) is 54.4 Å². The van der Waals surface area contributed by atoms with Crippen LogP contribution in [0.3, 0.4) is 0 Å². The molecule has 5 nitrogen and oxygen atoms in total. The van der Waals surface area contributed by atoms with Gasteiger partial charge in [0.1, 0.15) is 6.54 Å². The highest BCUT2D eigenvalue weighted by Crippen LogP contribution is 2.52. The van der Waals surface area contributed by atoms with Crippen LogP contribution in [0.4, 0.5) is 0 Å². The van der Waals surface area contributed by atoms with E-state index in [0.717, 1.165) is 35.9 Å². The summed E-state index contributed by atoms with van der Waals surface area (Å²) in [4.78, 5) is 26.5. The van der Waals surface area contributed by atoms with Gasteiger partial charge >= 0.3 is 0 Å². The Morgan fingerprint density at radius 2 is 1.96 bits per heavy atom. The molecule has 0 radical (unpaired) electrons. The molecule has 4 rings (SSSR count). The minimum Gasteiger partial charge on any atom is -0.368 e. The summed E-state index contributed by atoms with van der Waals surface area (Å²) in [5.74, 6) is -0.246. The SMILES string of the molecule is CC1(C)CC2CC(C)(CN2C(=O)c2ccc3c(ccn3CC(N)=O)c2)C1. The minimum atomic E-state index is -0.372. The molecular weight excluding hydrogens is 326 g/mol. The number of hydrogen-bond donors (Lipinski definition) is 1. The molecule has 26 heavy (non-hydrogen) atoms. The topological polar surface area (TPSA) is 68.3 Å². The molecule has 2 fully saturated rings. The van der Waals surface area contributed by atoms with E-state index in [2.05, 4.69) is 25.7 Å². The summed E-state index contributed by atoms with van der Waals surface area (Å²) in [5.41, 5.74) is 7.48. The second-order valence-electron chi connectivity index (χ2n) is 9.33. The van der Waals surface area contributed by atoms with Crippen molar-refractivity contribution < 1.29 is 9.59 Å². The van der Waals surface area contributed by atoms with Crippen molar-refractivity contribution in [3.63, 3.8) is 0 Å². The van der Waals surface area contributed by atoms with Crippen LogP contribution in [-0.2, 0) is 11.3 Å². The Kier molecular flexibility index (Phi) is 3.69. The van der Waals surface area contributed by atoms with Gasteiger partial charge in [0.2, 0.25) is 5.91 Å². The van der Waals surface area contributed by atoms with E-state index in [4.69, 9.17) is 5.73 Å². The number of benzene rings is 1. The molecular formula is C21H27N3O2. The van der Waals surface area contributed by atoms with Gasteiger partial charge in [-0.25, -0.2) is 0 Å². The Bertz CT molecular complexity index is 898. The number of carbonyl (C=O) groups is 2. The molecule has 2 N–H and O–H groups in total. The van der Waals surface area contributed by atoms with Crippen LogP contribution in [0.25, 0.3) is 10.9 Å². The van der Waals surface area contributed by atoms with Crippen LogP contribution in [0, 0.1) is 10.8 Å². The number of primary amides is 1. The van der Waals surface area contributed by atoms with Crippen LogP contribution in [0.15, 0.2) is 30.5 Å². The Labute approximate surface area is 154 Å². The number of amides is 2. The van der Waals surface area contributed by atoms with Crippen molar-refractivity contribution in [1.29, 1.82) is 0 Å². The number of likely N-dealkylation sites (tertiary alicyclic amines) is 1. The number of carbonyl (C=O) groups excluding carboxylic acids is 2. The van der Waals surface area contributed by atoms with Gasteiger partial charge in [0.15, 0.2) is 0 Å². The maximum absolute atomic E-state index is 13.2. The minimum absolute atomic E-state index is 0.126. The van der Waals surface area contributed by atoms with Crippen molar-refractivity contribution in [2.75, 3.05) is 6.54 Å². The van der Waals surface area contributed by atoms with Crippen molar-refractivity contribution in [1.82, 2.24) is 9.47 Å². The van der Waals surface area contributed by atoms with Crippen LogP contribution in [-0.4, -0.2) is 33.9 Å². The molecule has 1 aliphatic carbocycles. The van der Waals surface area contributed by atoms with Gasteiger partial charge in [0, 0.05) is 35.2 Å². The van der Waals surface area contributed by atoms with E-state index >= 15 is 0 Å². The fourth-order valence-corrected chi connectivity index (χ4v) is 5.50. The molecule has 138 valence electrons. The van der Waals surface area contributed by atoms with E-state index in [9.17, 15) is 9.59 Å². The van der Waals surface area contributed by atoms with Crippen LogP contribution >= 0.6 is 0 Å². The maximum Gasteiger partial charge on any atom is 0.254 e. The monoisotopic (exact) mass is 353 g/mol. The predicted molar refractivity (Wildman–Crippen MR) is 102 cm³/mol. The quantitative estimate of drug-likeness (QED) is 0.921. The lowest BCUT2D eigenvalue weighted by Gasteiger charge is -2.39. The first-order chi connectivity index (χ1) is 12.2. The lowest BCUT2D eigenvalue weighted by atomic mass is 9.65. The van der Waals surface area contributed by atoms with Crippen molar-refractivity contribution in [3.05, 3.63) is 36.0 Å². The molecule has 2 unspecified atom stereocenters. The molecule has 2 atom stereocenters. The van der Waals surface area contributed by atoms with Gasteiger partial charge < -0.3 is 15.2 Å². The maximum atomic E-state index is 13.2. The highest BCUT2D eigenvalue weighted by atomic mass is 16.2. The van der Waals surface area contributed by atoms with E-state index in [-0.39, 0.29) is 23.8 Å². The van der Waals surface area contributed by atoms with Gasteiger partial charge in [-0.15, -0.1) is 0 Å². The third-order valence-electron chi connectivity index (χ3n) is 6.02. The summed E-state index contributed by atoms with van der Waals surface area (Å²) in [6.45, 7) is 7.96. The highest BCUT2D eigenvalue weighted by Gasteiger charge is 2.51. The van der Waals surface area contributed by atoms with E-state index in [1.54, 1.807) is 0 Å². The first-order valence-corrected chi connectivity index (χ1v) is 9.34. The highest BCUT2D eigenvalue weighted by molar-refractivity contribution is 5.98. The molecule has 1 aliphatic heterocycles. The number of nitrogens with two attached hydrogens (primary N) is 1. The van der Waals surface area contributed by atoms with Crippen LogP contribution < -0.4 is 5.73 Å². The first-order valence-electron chi connectivity index (χ1n) is 9.34. The molecule has 5 heteroatoms. The zero-order valence-electron chi connectivity index (χ0n) is 15.8. The molecule has 1 saturated carbocycles. The summed E-state index contributed by atoms with van der Waals surface area (Å²) in [6, 6.07) is 8.00. The molecule has 0 spiro atoms. The lowest BCUT2D eigenvalue weighted by Crippen LogP contribution is -2.37. The summed E-state index contributed by atoms with van der Waals surface area (Å²) in [7, 11) is 0. The Morgan fingerprint density at radius 3 is 2.69 bits per heavy atom. The second-order valence-corrected chi connectivity index (χ2v) is 9.33. The van der Waals surface area contributed by atoms with Gasteiger partial charge in [0.25, 0.3) is 5.91 Å². The Balaban J connectivity index is 1.62. The average molecular weight is 353 g/mol. The molecule has 2 bridgehead atoms. The normalized spacial score (nSPS) is 27.0. The molecule has 2 heterocycles. The summed E-state index contributed by atoms with van der Waals surface area (Å²) in [6.07, 6.45) is 5.20. The molecule has 2 amide bonds. The van der Waals surface area contributed by atoms with E-state index in [1.165, 1.54) is 6.42 Å². The van der Waals surface area contributed by atoms with Crippen LogP contribution in [0.1, 0.15) is 50.4 Å². The van der Waals surface area contributed by atoms with Crippen molar-refractivity contribution >= 4 is 22.7 Å². The molecule has 1 aromatic carbocycles. The van der Waals surface area contributed by atoms with Crippen molar-refractivity contribution in [3.8, 4) is 0 Å². The number of aromatic nitrogens is 1. The fourth-order valence-electron chi connectivity index (χ4n) is 5.50. The largest absolute Gasteiger partial charge is 0.368 e. The van der Waals surface area contributed by atoms with Gasteiger partial charge in [-0.1, -0.05) is 20.8 Å². The second kappa shape index (κ2) is 5.60. The number of fused-ring (bicyclic) bond motifs is 3. The van der Waals surface area contributed by atoms with E-state index in [0.29, 0.717) is 11.5 Å². The molecule has 1 saturated heterocycles. The number of hydrogen-bond acceptors (Lipinski definition) is 2. The summed E-state index contributed by atoms with van der Waals surface area (Å²) in [5, 5.41) is 0.964. The standard InChI is InChI=1S/C21H27N3O2/c1-20(2)9-16-10-21(3,12-20)13-24(16)19(26)15-4-5-17-14(8-15)6-7-23(17)11-18(22)25/h4-8,16H,9-13H2,1-3H3,(H2,22,25). The van der Waals surface area contributed by atoms with E-state index in [1.807, 2.05) is 35.0 Å². The Hall–Kier alpha value is -2.30. The van der Waals surface area contributed by atoms with Crippen LogP contribution in [0.2, 0.25) is 0 Å². The van der Waals surface area contributed by atoms with Crippen molar-refractivity contribution in [2.45, 2.75) is 52.6 Å². The third kappa shape index (κ3) is 2.89. The first kappa shape index (κ1) is 17.1. The van der Waals surface area contributed by atoms with Crippen molar-refractivity contribution in [2.24, 2.45) is 16.6 Å². The molecule has 2 aliphatic rings. The lowest BCUT2D eigenvalue weighted by molar-refractivity contribution is -0.118. The third-order valence-corrected chi connectivity index (χ3v) is 6.02. The predicted octanol–water partition coefficient (Wildman–Crippen LogP) is 3.17. The average Bonchev–Trinajstić information content (AvgIpc) is 3.02. The van der Waals surface area contributed by atoms with E-state index < -0.39 is 0 Å². The zero-order valence-corrected chi connectivity index (χ0v) is 15.8.